The molecule has 1 unspecified atom stereocenters. The van der Waals surface area contributed by atoms with E-state index in [2.05, 4.69) is 11.9 Å². The van der Waals surface area contributed by atoms with Crippen molar-refractivity contribution in [2.24, 2.45) is 0 Å². The van der Waals surface area contributed by atoms with Crippen molar-refractivity contribution in [3.63, 3.8) is 0 Å². The summed E-state index contributed by atoms with van der Waals surface area (Å²) in [6, 6.07) is 8.39. The molecule has 4 amide bonds. The minimum Gasteiger partial charge on any atom is -0.480 e. The van der Waals surface area contributed by atoms with Gasteiger partial charge in [0, 0.05) is 12.0 Å². The molecule has 2 N–H and O–H groups in total. The summed E-state index contributed by atoms with van der Waals surface area (Å²) in [6.07, 6.45) is 0.810. The number of hydrogen-bond acceptors (Lipinski definition) is 7. The molecule has 4 rings (SSSR count). The van der Waals surface area contributed by atoms with Crippen LogP contribution in [0.1, 0.15) is 57.3 Å². The number of ketones is 1. The number of halogens is 2. The van der Waals surface area contributed by atoms with E-state index in [9.17, 15) is 28.8 Å². The SMILES string of the molecule is C=C(CC)C(=O)c1ccc(OCC(=O)O)c(Cl)c1Cl.O=C1CCC(N2C(=O)c3ccccc3C2=O)C(=O)N1. The number of carboxylic acid groups (broad SMARTS) is 1. The Morgan fingerprint density at radius 2 is 1.66 bits per heavy atom. The molecular formula is C26H22Cl2N2O8. The Hall–Kier alpha value is -4.02. The highest BCUT2D eigenvalue weighted by Gasteiger charge is 2.44. The molecule has 1 saturated heterocycles. The van der Waals surface area contributed by atoms with Crippen LogP contribution in [-0.2, 0) is 14.4 Å². The maximum atomic E-state index is 12.2. The van der Waals surface area contributed by atoms with Gasteiger partial charge in [0.15, 0.2) is 12.4 Å². The van der Waals surface area contributed by atoms with E-state index in [-0.39, 0.29) is 45.9 Å². The molecule has 12 heteroatoms. The molecular weight excluding hydrogens is 539 g/mol. The summed E-state index contributed by atoms with van der Waals surface area (Å²) >= 11 is 11.9. The number of allylic oxidation sites excluding steroid dienone is 1. The standard InChI is InChI=1S/C13H12Cl2O4.C13H10N2O4/c1-3-7(2)13(18)8-4-5-9(12(15)11(8)14)19-6-10(16)17;16-10-6-5-9(11(17)14-10)15-12(18)7-3-1-2-4-8(7)13(15)19/h4-5H,2-3,6H2,1H3,(H,16,17);1-4,9H,5-6H2,(H,14,16,17). The molecule has 0 aromatic heterocycles. The third-order valence-corrected chi connectivity index (χ3v) is 6.60. The lowest BCUT2D eigenvalue weighted by Gasteiger charge is -2.27. The van der Waals surface area contributed by atoms with Gasteiger partial charge in [-0.2, -0.15) is 0 Å². The highest BCUT2D eigenvalue weighted by molar-refractivity contribution is 6.45. The number of carboxylic acids is 1. The summed E-state index contributed by atoms with van der Waals surface area (Å²) in [4.78, 5) is 70.5. The average molecular weight is 561 g/mol. The van der Waals surface area contributed by atoms with Crippen LogP contribution < -0.4 is 10.1 Å². The molecule has 2 aliphatic rings. The van der Waals surface area contributed by atoms with Gasteiger partial charge in [-0.1, -0.05) is 48.8 Å². The molecule has 0 spiro atoms. The number of aliphatic carboxylic acids is 1. The van der Waals surface area contributed by atoms with Crippen LogP contribution in [0.4, 0.5) is 0 Å². The van der Waals surface area contributed by atoms with E-state index >= 15 is 0 Å². The van der Waals surface area contributed by atoms with Crippen LogP contribution in [0.5, 0.6) is 5.75 Å². The molecule has 2 aromatic rings. The number of hydrogen-bond donors (Lipinski definition) is 2. The molecule has 1 fully saturated rings. The fraction of sp³-hybridized carbons (Fsp3) is 0.231. The highest BCUT2D eigenvalue weighted by Crippen LogP contribution is 2.35. The summed E-state index contributed by atoms with van der Waals surface area (Å²) in [6.45, 7) is 4.91. The Bertz CT molecular complexity index is 1340. The Kier molecular flexibility index (Phi) is 9.03. The van der Waals surface area contributed by atoms with Crippen molar-refractivity contribution in [3.8, 4) is 5.75 Å². The van der Waals surface area contributed by atoms with E-state index in [1.807, 2.05) is 0 Å². The van der Waals surface area contributed by atoms with Gasteiger partial charge in [0.05, 0.1) is 16.1 Å². The molecule has 0 aliphatic carbocycles. The normalized spacial score (nSPS) is 16.3. The monoisotopic (exact) mass is 560 g/mol. The first-order chi connectivity index (χ1) is 18.0. The summed E-state index contributed by atoms with van der Waals surface area (Å²) in [5, 5.41) is 10.7. The van der Waals surface area contributed by atoms with Gasteiger partial charge in [0.1, 0.15) is 16.8 Å². The molecule has 2 heterocycles. The number of ether oxygens (including phenoxy) is 1. The Labute approximate surface area is 227 Å². The largest absolute Gasteiger partial charge is 0.480 e. The van der Waals surface area contributed by atoms with E-state index in [0.717, 1.165) is 4.90 Å². The third-order valence-electron chi connectivity index (χ3n) is 5.74. The summed E-state index contributed by atoms with van der Waals surface area (Å²) in [7, 11) is 0. The molecule has 10 nitrogen and oxygen atoms in total. The topological polar surface area (TPSA) is 147 Å². The first-order valence-corrected chi connectivity index (χ1v) is 12.1. The maximum Gasteiger partial charge on any atom is 0.341 e. The average Bonchev–Trinajstić information content (AvgIpc) is 3.14. The van der Waals surface area contributed by atoms with Gasteiger partial charge < -0.3 is 9.84 Å². The molecule has 1 atom stereocenters. The van der Waals surface area contributed by atoms with Crippen molar-refractivity contribution < 1.29 is 38.6 Å². The number of fused-ring (bicyclic) bond motifs is 1. The number of piperidine rings is 1. The molecule has 198 valence electrons. The predicted octanol–water partition coefficient (Wildman–Crippen LogP) is 3.69. The smallest absolute Gasteiger partial charge is 0.341 e. The van der Waals surface area contributed by atoms with Gasteiger partial charge >= 0.3 is 5.97 Å². The Morgan fingerprint density at radius 1 is 1.05 bits per heavy atom. The fourth-order valence-electron chi connectivity index (χ4n) is 3.73. The molecule has 0 bridgehead atoms. The van der Waals surface area contributed by atoms with E-state index < -0.39 is 36.3 Å². The van der Waals surface area contributed by atoms with Gasteiger partial charge in [0.2, 0.25) is 11.8 Å². The number of nitrogens with zero attached hydrogens (tertiary/aromatic N) is 1. The predicted molar refractivity (Wildman–Crippen MR) is 136 cm³/mol. The number of imide groups is 2. The second-order valence-corrected chi connectivity index (χ2v) is 8.96. The van der Waals surface area contributed by atoms with Crippen LogP contribution in [0.2, 0.25) is 10.0 Å². The Balaban J connectivity index is 0.000000211. The number of Topliss-reactive ketones (excluding diaryl/α,β-unsaturated/α-hetero) is 1. The quantitative estimate of drug-likeness (QED) is 0.296. The molecule has 38 heavy (non-hydrogen) atoms. The van der Waals surface area contributed by atoms with Gasteiger partial charge in [-0.15, -0.1) is 0 Å². The van der Waals surface area contributed by atoms with E-state index in [1.54, 1.807) is 31.2 Å². The summed E-state index contributed by atoms with van der Waals surface area (Å²) in [5.41, 5.74) is 1.24. The highest BCUT2D eigenvalue weighted by atomic mass is 35.5. The molecule has 0 saturated carbocycles. The van der Waals surface area contributed by atoms with Gasteiger partial charge in [0.25, 0.3) is 11.8 Å². The molecule has 2 aliphatic heterocycles. The number of nitrogens with one attached hydrogen (secondary N) is 1. The second-order valence-electron chi connectivity index (χ2n) is 8.20. The lowest BCUT2D eigenvalue weighted by Crippen LogP contribution is -2.54. The van der Waals surface area contributed by atoms with Gasteiger partial charge in [-0.05, 0) is 42.7 Å². The zero-order valence-electron chi connectivity index (χ0n) is 20.1. The molecule has 0 radical (unpaired) electrons. The van der Waals surface area contributed by atoms with Crippen LogP contribution in [0.15, 0.2) is 48.6 Å². The van der Waals surface area contributed by atoms with Crippen LogP contribution in [0.3, 0.4) is 0 Å². The van der Waals surface area contributed by atoms with Crippen LogP contribution in [0.25, 0.3) is 0 Å². The Morgan fingerprint density at radius 3 is 2.18 bits per heavy atom. The van der Waals surface area contributed by atoms with Crippen LogP contribution in [0, 0.1) is 0 Å². The van der Waals surface area contributed by atoms with Crippen molar-refractivity contribution >= 4 is 58.6 Å². The fourth-order valence-corrected chi connectivity index (χ4v) is 4.19. The zero-order chi connectivity index (χ0) is 28.1. The van der Waals surface area contributed by atoms with Gasteiger partial charge in [-0.25, -0.2) is 4.79 Å². The minimum atomic E-state index is -1.13. The van der Waals surface area contributed by atoms with Crippen molar-refractivity contribution in [1.29, 1.82) is 0 Å². The van der Waals surface area contributed by atoms with Crippen molar-refractivity contribution in [3.05, 3.63) is 75.3 Å². The number of carbonyl (C=O) groups excluding carboxylic acids is 5. The summed E-state index contributed by atoms with van der Waals surface area (Å²) < 4.78 is 4.95. The second kappa shape index (κ2) is 12.0. The van der Waals surface area contributed by atoms with Crippen molar-refractivity contribution in [2.75, 3.05) is 6.61 Å². The van der Waals surface area contributed by atoms with Gasteiger partial charge in [-0.3, -0.25) is 34.2 Å². The van der Waals surface area contributed by atoms with E-state index in [1.165, 1.54) is 12.1 Å². The molecule has 2 aromatic carbocycles. The van der Waals surface area contributed by atoms with Crippen molar-refractivity contribution in [1.82, 2.24) is 10.2 Å². The third kappa shape index (κ3) is 5.92. The van der Waals surface area contributed by atoms with E-state index in [4.69, 9.17) is 33.0 Å². The van der Waals surface area contributed by atoms with Crippen LogP contribution in [-0.4, -0.2) is 58.0 Å². The first-order valence-electron chi connectivity index (χ1n) is 11.3. The number of benzene rings is 2. The first kappa shape index (κ1) is 28.5. The lowest BCUT2D eigenvalue weighted by molar-refractivity contribution is -0.139. The lowest BCUT2D eigenvalue weighted by atomic mass is 10.0. The number of rotatable bonds is 7. The summed E-state index contributed by atoms with van der Waals surface area (Å²) in [5.74, 6) is -3.23. The zero-order valence-corrected chi connectivity index (χ0v) is 21.6. The van der Waals surface area contributed by atoms with Crippen LogP contribution >= 0.6 is 23.2 Å². The maximum absolute atomic E-state index is 12.2. The minimum absolute atomic E-state index is 0.0117. The number of carbonyl (C=O) groups is 6. The van der Waals surface area contributed by atoms with Crippen molar-refractivity contribution in [2.45, 2.75) is 32.2 Å². The number of amides is 4. The van der Waals surface area contributed by atoms with E-state index in [0.29, 0.717) is 23.1 Å².